The summed E-state index contributed by atoms with van der Waals surface area (Å²) in [5.74, 6) is -0.326. The maximum absolute atomic E-state index is 13.2. The van der Waals surface area contributed by atoms with Gasteiger partial charge in [0.05, 0.1) is 6.04 Å². The summed E-state index contributed by atoms with van der Waals surface area (Å²) in [6, 6.07) is 13.9. The third-order valence-electron chi connectivity index (χ3n) is 4.77. The molecule has 0 unspecified atom stereocenters. The number of carbonyl (C=O) groups excluding carboxylic acids is 1. The van der Waals surface area contributed by atoms with Gasteiger partial charge in [-0.2, -0.15) is 0 Å². The molecule has 1 aliphatic rings. The Hall–Kier alpha value is -2.11. The molecule has 1 atom stereocenters. The second-order valence-corrected chi connectivity index (χ2v) is 6.96. The van der Waals surface area contributed by atoms with Crippen LogP contribution < -0.4 is 10.2 Å². The highest BCUT2D eigenvalue weighted by atomic mass is 35.5. The second-order valence-electron chi connectivity index (χ2n) is 6.53. The van der Waals surface area contributed by atoms with E-state index in [-0.39, 0.29) is 17.8 Å². The van der Waals surface area contributed by atoms with Crippen molar-refractivity contribution in [2.24, 2.45) is 0 Å². The van der Waals surface area contributed by atoms with E-state index in [0.717, 1.165) is 42.5 Å². The number of benzene rings is 2. The number of anilines is 1. The van der Waals surface area contributed by atoms with Crippen molar-refractivity contribution in [2.75, 3.05) is 31.1 Å². The molecule has 4 nitrogen and oxygen atoms in total. The van der Waals surface area contributed by atoms with Crippen molar-refractivity contribution < 1.29 is 9.18 Å². The van der Waals surface area contributed by atoms with Crippen LogP contribution >= 0.6 is 11.6 Å². The maximum Gasteiger partial charge on any atom is 0.237 e. The number of rotatable bonds is 5. The van der Waals surface area contributed by atoms with Crippen molar-refractivity contribution in [3.8, 4) is 0 Å². The van der Waals surface area contributed by atoms with Crippen LogP contribution in [0.3, 0.4) is 0 Å². The molecule has 0 spiro atoms. The lowest BCUT2D eigenvalue weighted by molar-refractivity contribution is -0.126. The van der Waals surface area contributed by atoms with Crippen LogP contribution in [0.2, 0.25) is 5.02 Å². The number of carbonyl (C=O) groups is 1. The van der Waals surface area contributed by atoms with E-state index in [1.807, 2.05) is 25.1 Å². The molecule has 1 fully saturated rings. The van der Waals surface area contributed by atoms with Gasteiger partial charge in [0.1, 0.15) is 5.82 Å². The zero-order valence-corrected chi connectivity index (χ0v) is 15.5. The molecule has 0 aromatic heterocycles. The number of nitrogens with zero attached hydrogens (tertiary/aromatic N) is 2. The van der Waals surface area contributed by atoms with Gasteiger partial charge in [-0.3, -0.25) is 9.69 Å². The largest absolute Gasteiger partial charge is 0.369 e. The van der Waals surface area contributed by atoms with E-state index < -0.39 is 0 Å². The van der Waals surface area contributed by atoms with Gasteiger partial charge in [0.25, 0.3) is 0 Å². The van der Waals surface area contributed by atoms with Crippen molar-refractivity contribution in [3.05, 3.63) is 64.9 Å². The number of amides is 1. The highest BCUT2D eigenvalue weighted by Gasteiger charge is 2.25. The Labute approximate surface area is 158 Å². The van der Waals surface area contributed by atoms with E-state index in [0.29, 0.717) is 6.54 Å². The van der Waals surface area contributed by atoms with Gasteiger partial charge in [0.2, 0.25) is 5.91 Å². The first-order valence-corrected chi connectivity index (χ1v) is 9.17. The predicted molar refractivity (Wildman–Crippen MR) is 103 cm³/mol. The quantitative estimate of drug-likeness (QED) is 0.870. The third-order valence-corrected chi connectivity index (χ3v) is 5.01. The molecule has 2 aromatic carbocycles. The Kier molecular flexibility index (Phi) is 6.12. The number of piperazine rings is 1. The standard InChI is InChI=1S/C20H23ClFN3O/c1-15(20(26)23-14-16-4-2-6-18(22)12-16)24-8-10-25(11-9-24)19-7-3-5-17(21)13-19/h2-7,12-13,15H,8-11,14H2,1H3,(H,23,26)/t15-/m0/s1. The molecular formula is C20H23ClFN3O. The monoisotopic (exact) mass is 375 g/mol. The zero-order chi connectivity index (χ0) is 18.5. The molecule has 1 amide bonds. The lowest BCUT2D eigenvalue weighted by atomic mass is 10.2. The van der Waals surface area contributed by atoms with E-state index in [9.17, 15) is 9.18 Å². The molecule has 1 heterocycles. The first-order chi connectivity index (χ1) is 12.5. The van der Waals surface area contributed by atoms with E-state index in [1.165, 1.54) is 12.1 Å². The van der Waals surface area contributed by atoms with Gasteiger partial charge >= 0.3 is 0 Å². The lowest BCUT2D eigenvalue weighted by Crippen LogP contribution is -2.53. The molecule has 0 aliphatic carbocycles. The second kappa shape index (κ2) is 8.52. The normalized spacial score (nSPS) is 16.3. The minimum absolute atomic E-state index is 0.0366. The van der Waals surface area contributed by atoms with Crippen LogP contribution in [0, 0.1) is 5.82 Å². The fourth-order valence-electron chi connectivity index (χ4n) is 3.19. The van der Waals surface area contributed by atoms with Crippen LogP contribution in [0.15, 0.2) is 48.5 Å². The highest BCUT2D eigenvalue weighted by Crippen LogP contribution is 2.21. The molecule has 1 aliphatic heterocycles. The molecule has 3 rings (SSSR count). The van der Waals surface area contributed by atoms with Crippen molar-refractivity contribution in [3.63, 3.8) is 0 Å². The van der Waals surface area contributed by atoms with Gasteiger partial charge in [-0.1, -0.05) is 29.8 Å². The van der Waals surface area contributed by atoms with E-state index >= 15 is 0 Å². The van der Waals surface area contributed by atoms with Crippen LogP contribution in [0.5, 0.6) is 0 Å². The minimum Gasteiger partial charge on any atom is -0.369 e. The molecular weight excluding hydrogens is 353 g/mol. The van der Waals surface area contributed by atoms with Crippen molar-refractivity contribution in [1.82, 2.24) is 10.2 Å². The maximum atomic E-state index is 13.2. The molecule has 1 N–H and O–H groups in total. The van der Waals surface area contributed by atoms with Crippen molar-refractivity contribution in [1.29, 1.82) is 0 Å². The summed E-state index contributed by atoms with van der Waals surface area (Å²) >= 11 is 6.07. The topological polar surface area (TPSA) is 35.6 Å². The van der Waals surface area contributed by atoms with Gasteiger partial charge < -0.3 is 10.2 Å². The molecule has 138 valence electrons. The average molecular weight is 376 g/mol. The van der Waals surface area contributed by atoms with Crippen molar-refractivity contribution in [2.45, 2.75) is 19.5 Å². The van der Waals surface area contributed by atoms with Crippen molar-refractivity contribution >= 4 is 23.2 Å². The molecule has 6 heteroatoms. The average Bonchev–Trinajstić information content (AvgIpc) is 2.66. The summed E-state index contributed by atoms with van der Waals surface area (Å²) in [6.45, 7) is 5.56. The number of hydrogen-bond acceptors (Lipinski definition) is 3. The molecule has 0 radical (unpaired) electrons. The molecule has 0 saturated carbocycles. The Bertz CT molecular complexity index is 762. The van der Waals surface area contributed by atoms with Crippen LogP contribution in [0.1, 0.15) is 12.5 Å². The van der Waals surface area contributed by atoms with Gasteiger partial charge in [0, 0.05) is 43.4 Å². The summed E-state index contributed by atoms with van der Waals surface area (Å²) in [5.41, 5.74) is 1.87. The summed E-state index contributed by atoms with van der Waals surface area (Å²) < 4.78 is 13.2. The minimum atomic E-state index is -0.290. The zero-order valence-electron chi connectivity index (χ0n) is 14.8. The van der Waals surface area contributed by atoms with E-state index in [1.54, 1.807) is 12.1 Å². The fraction of sp³-hybridized carbons (Fsp3) is 0.350. The van der Waals surface area contributed by atoms with Crippen LogP contribution in [-0.4, -0.2) is 43.0 Å². The number of hydrogen-bond donors (Lipinski definition) is 1. The van der Waals surface area contributed by atoms with E-state index in [2.05, 4.69) is 21.2 Å². The first kappa shape index (κ1) is 18.7. The molecule has 1 saturated heterocycles. The van der Waals surface area contributed by atoms with Gasteiger partial charge in [0.15, 0.2) is 0 Å². The van der Waals surface area contributed by atoms with Gasteiger partial charge in [-0.15, -0.1) is 0 Å². The fourth-order valence-corrected chi connectivity index (χ4v) is 3.37. The third kappa shape index (κ3) is 4.74. The molecule has 26 heavy (non-hydrogen) atoms. The Balaban J connectivity index is 1.49. The summed E-state index contributed by atoms with van der Waals surface area (Å²) in [4.78, 5) is 16.9. The molecule has 2 aromatic rings. The Morgan fingerprint density at radius 3 is 2.58 bits per heavy atom. The highest BCUT2D eigenvalue weighted by molar-refractivity contribution is 6.30. The van der Waals surface area contributed by atoms with Crippen LogP contribution in [0.25, 0.3) is 0 Å². The Morgan fingerprint density at radius 1 is 1.15 bits per heavy atom. The SMILES string of the molecule is C[C@@H](C(=O)NCc1cccc(F)c1)N1CCN(c2cccc(Cl)c2)CC1. The predicted octanol–water partition coefficient (Wildman–Crippen LogP) is 3.31. The first-order valence-electron chi connectivity index (χ1n) is 8.79. The number of halogens is 2. The van der Waals surface area contributed by atoms with E-state index in [4.69, 9.17) is 11.6 Å². The lowest BCUT2D eigenvalue weighted by Gasteiger charge is -2.38. The van der Waals surface area contributed by atoms with Gasteiger partial charge in [-0.25, -0.2) is 4.39 Å². The molecule has 0 bridgehead atoms. The summed E-state index contributed by atoms with van der Waals surface area (Å²) in [5, 5.41) is 3.63. The summed E-state index contributed by atoms with van der Waals surface area (Å²) in [6.07, 6.45) is 0. The number of nitrogens with one attached hydrogen (secondary N) is 1. The van der Waals surface area contributed by atoms with Crippen LogP contribution in [0.4, 0.5) is 10.1 Å². The van der Waals surface area contributed by atoms with Crippen LogP contribution in [-0.2, 0) is 11.3 Å². The smallest absolute Gasteiger partial charge is 0.237 e. The summed E-state index contributed by atoms with van der Waals surface area (Å²) in [7, 11) is 0. The van der Waals surface area contributed by atoms with Gasteiger partial charge in [-0.05, 0) is 42.8 Å². The Morgan fingerprint density at radius 2 is 1.88 bits per heavy atom.